The molecule has 0 spiro atoms. The minimum absolute atomic E-state index is 0.0989. The molecule has 1 saturated heterocycles. The van der Waals surface area contributed by atoms with Gasteiger partial charge in [0.05, 0.1) is 18.0 Å². The predicted octanol–water partition coefficient (Wildman–Crippen LogP) is -0.378. The zero-order valence-electron chi connectivity index (χ0n) is 15.4. The summed E-state index contributed by atoms with van der Waals surface area (Å²) in [6.45, 7) is 3.57. The first-order chi connectivity index (χ1) is 13.7. The molecular weight excluding hydrogens is 380 g/mol. The standard InChI is InChI=1S/C16H20N10OS/c1-23-16(18-20-21-23)28-12-15(27)25-9-7-24(8-10-25)11-14-17-19-22-26(14)13-5-3-2-4-6-13/h2-6H,7-12H2,1H3. The number of carbonyl (C=O) groups is 1. The van der Waals surface area contributed by atoms with Gasteiger partial charge in [-0.1, -0.05) is 30.0 Å². The molecule has 28 heavy (non-hydrogen) atoms. The number of piperazine rings is 1. The van der Waals surface area contributed by atoms with Gasteiger partial charge in [-0.25, -0.2) is 4.68 Å². The van der Waals surface area contributed by atoms with Gasteiger partial charge in [0.2, 0.25) is 11.1 Å². The van der Waals surface area contributed by atoms with Crippen LogP contribution < -0.4 is 0 Å². The molecule has 12 heteroatoms. The number of rotatable bonds is 6. The van der Waals surface area contributed by atoms with E-state index in [0.29, 0.717) is 30.5 Å². The Balaban J connectivity index is 1.29. The summed E-state index contributed by atoms with van der Waals surface area (Å²) in [5, 5.41) is 23.9. The first-order valence-electron chi connectivity index (χ1n) is 8.88. The second-order valence-electron chi connectivity index (χ2n) is 6.37. The Kier molecular flexibility index (Phi) is 5.58. The summed E-state index contributed by atoms with van der Waals surface area (Å²) in [5.41, 5.74) is 0.937. The van der Waals surface area contributed by atoms with E-state index >= 15 is 0 Å². The summed E-state index contributed by atoms with van der Waals surface area (Å²) in [7, 11) is 1.76. The first kappa shape index (κ1) is 18.5. The van der Waals surface area contributed by atoms with Crippen molar-refractivity contribution in [2.75, 3.05) is 31.9 Å². The number of para-hydroxylation sites is 1. The molecule has 0 bridgehead atoms. The van der Waals surface area contributed by atoms with Gasteiger partial charge < -0.3 is 4.90 Å². The lowest BCUT2D eigenvalue weighted by Crippen LogP contribution is -2.49. The van der Waals surface area contributed by atoms with Gasteiger partial charge in [0, 0.05) is 33.2 Å². The zero-order valence-corrected chi connectivity index (χ0v) is 16.2. The molecule has 11 nitrogen and oxygen atoms in total. The Bertz CT molecular complexity index is 918. The number of hydrogen-bond acceptors (Lipinski definition) is 9. The summed E-state index contributed by atoms with van der Waals surface area (Å²) in [6, 6.07) is 9.82. The molecular formula is C16H20N10OS. The highest BCUT2D eigenvalue weighted by Gasteiger charge is 2.23. The maximum Gasteiger partial charge on any atom is 0.233 e. The third-order valence-corrected chi connectivity index (χ3v) is 5.53. The summed E-state index contributed by atoms with van der Waals surface area (Å²) in [6.07, 6.45) is 0. The highest BCUT2D eigenvalue weighted by atomic mass is 32.2. The number of thioether (sulfide) groups is 1. The maximum absolute atomic E-state index is 12.4. The van der Waals surface area contributed by atoms with Crippen LogP contribution in [0.3, 0.4) is 0 Å². The van der Waals surface area contributed by atoms with Gasteiger partial charge in [-0.2, -0.15) is 4.68 Å². The van der Waals surface area contributed by atoms with Crippen LogP contribution in [0.4, 0.5) is 0 Å². The molecule has 0 saturated carbocycles. The number of nitrogens with zero attached hydrogens (tertiary/aromatic N) is 10. The largest absolute Gasteiger partial charge is 0.339 e. The number of amides is 1. The molecule has 1 amide bonds. The Morgan fingerprint density at radius 1 is 1.04 bits per heavy atom. The minimum Gasteiger partial charge on any atom is -0.339 e. The van der Waals surface area contributed by atoms with Gasteiger partial charge in [-0.3, -0.25) is 9.69 Å². The van der Waals surface area contributed by atoms with Crippen molar-refractivity contribution in [1.82, 2.24) is 50.2 Å². The van der Waals surface area contributed by atoms with Gasteiger partial charge in [0.1, 0.15) is 0 Å². The van der Waals surface area contributed by atoms with Crippen LogP contribution in [-0.4, -0.2) is 88.1 Å². The Morgan fingerprint density at radius 3 is 2.50 bits per heavy atom. The van der Waals surface area contributed by atoms with Crippen molar-refractivity contribution in [3.05, 3.63) is 36.2 Å². The number of hydrogen-bond donors (Lipinski definition) is 0. The van der Waals surface area contributed by atoms with Gasteiger partial charge in [-0.15, -0.1) is 10.2 Å². The second kappa shape index (κ2) is 8.44. The average Bonchev–Trinajstić information content (AvgIpc) is 3.36. The van der Waals surface area contributed by atoms with E-state index in [2.05, 4.69) is 36.0 Å². The molecule has 0 unspecified atom stereocenters. The summed E-state index contributed by atoms with van der Waals surface area (Å²) in [5.74, 6) is 1.22. The van der Waals surface area contributed by atoms with Crippen LogP contribution in [-0.2, 0) is 18.4 Å². The normalized spacial score (nSPS) is 15.1. The quantitative estimate of drug-likeness (QED) is 0.511. The fourth-order valence-electron chi connectivity index (χ4n) is 2.99. The van der Waals surface area contributed by atoms with Crippen LogP contribution in [0.25, 0.3) is 5.69 Å². The van der Waals surface area contributed by atoms with Crippen LogP contribution in [0.15, 0.2) is 35.5 Å². The fraction of sp³-hybridized carbons (Fsp3) is 0.438. The predicted molar refractivity (Wildman–Crippen MR) is 101 cm³/mol. The minimum atomic E-state index is 0.0989. The van der Waals surface area contributed by atoms with Crippen LogP contribution in [0.5, 0.6) is 0 Å². The molecule has 1 aromatic carbocycles. The molecule has 1 aliphatic heterocycles. The van der Waals surface area contributed by atoms with E-state index in [9.17, 15) is 4.79 Å². The van der Waals surface area contributed by atoms with E-state index < -0.39 is 0 Å². The van der Waals surface area contributed by atoms with E-state index in [1.165, 1.54) is 11.8 Å². The number of tetrazole rings is 2. The first-order valence-corrected chi connectivity index (χ1v) is 9.87. The number of aromatic nitrogens is 8. The number of carbonyl (C=O) groups excluding carboxylic acids is 1. The molecule has 0 atom stereocenters. The van der Waals surface area contributed by atoms with Crippen molar-refractivity contribution in [2.45, 2.75) is 11.7 Å². The Hall–Kier alpha value is -2.86. The molecule has 0 N–H and O–H groups in total. The summed E-state index contributed by atoms with van der Waals surface area (Å²) >= 11 is 1.35. The van der Waals surface area contributed by atoms with E-state index in [-0.39, 0.29) is 5.91 Å². The SMILES string of the molecule is Cn1nnnc1SCC(=O)N1CCN(Cc2nnnn2-c2ccccc2)CC1. The van der Waals surface area contributed by atoms with Gasteiger partial charge in [0.25, 0.3) is 0 Å². The lowest BCUT2D eigenvalue weighted by molar-refractivity contribution is -0.130. The summed E-state index contributed by atoms with van der Waals surface area (Å²) < 4.78 is 3.32. The molecule has 0 aliphatic carbocycles. The van der Waals surface area contributed by atoms with Crippen LogP contribution >= 0.6 is 11.8 Å². The van der Waals surface area contributed by atoms with Gasteiger partial charge >= 0.3 is 0 Å². The Morgan fingerprint density at radius 2 is 1.79 bits per heavy atom. The van der Waals surface area contributed by atoms with Crippen LogP contribution in [0.1, 0.15) is 5.82 Å². The molecule has 1 aliphatic rings. The third kappa shape index (κ3) is 4.17. The van der Waals surface area contributed by atoms with Crippen LogP contribution in [0.2, 0.25) is 0 Å². The van der Waals surface area contributed by atoms with Crippen LogP contribution in [0, 0.1) is 0 Å². The van der Waals surface area contributed by atoms with Crippen molar-refractivity contribution < 1.29 is 4.79 Å². The molecule has 3 heterocycles. The van der Waals surface area contributed by atoms with Crippen molar-refractivity contribution in [3.8, 4) is 5.69 Å². The monoisotopic (exact) mass is 400 g/mol. The van der Waals surface area contributed by atoms with E-state index in [1.54, 1.807) is 16.4 Å². The lowest BCUT2D eigenvalue weighted by Gasteiger charge is -2.34. The second-order valence-corrected chi connectivity index (χ2v) is 7.32. The third-order valence-electron chi connectivity index (χ3n) is 4.53. The van der Waals surface area contributed by atoms with Crippen molar-refractivity contribution >= 4 is 17.7 Å². The topological polar surface area (TPSA) is 111 Å². The smallest absolute Gasteiger partial charge is 0.233 e. The highest BCUT2D eigenvalue weighted by molar-refractivity contribution is 7.99. The molecule has 2 aromatic heterocycles. The van der Waals surface area contributed by atoms with Crippen molar-refractivity contribution in [2.24, 2.45) is 7.05 Å². The summed E-state index contributed by atoms with van der Waals surface area (Å²) in [4.78, 5) is 16.6. The van der Waals surface area contributed by atoms with Crippen molar-refractivity contribution in [1.29, 1.82) is 0 Å². The molecule has 1 fully saturated rings. The lowest BCUT2D eigenvalue weighted by atomic mass is 10.3. The Labute approximate surface area is 165 Å². The number of aryl methyl sites for hydroxylation is 1. The van der Waals surface area contributed by atoms with E-state index in [0.717, 1.165) is 24.6 Å². The maximum atomic E-state index is 12.4. The highest BCUT2D eigenvalue weighted by Crippen LogP contribution is 2.15. The van der Waals surface area contributed by atoms with E-state index in [1.807, 2.05) is 35.2 Å². The zero-order chi connectivity index (χ0) is 19.3. The molecule has 0 radical (unpaired) electrons. The molecule has 3 aromatic rings. The van der Waals surface area contributed by atoms with Gasteiger partial charge in [-0.05, 0) is 33.0 Å². The van der Waals surface area contributed by atoms with Crippen molar-refractivity contribution in [3.63, 3.8) is 0 Å². The van der Waals surface area contributed by atoms with E-state index in [4.69, 9.17) is 0 Å². The number of benzene rings is 1. The fourth-order valence-corrected chi connectivity index (χ4v) is 3.74. The molecule has 146 valence electrons. The van der Waals surface area contributed by atoms with Gasteiger partial charge in [0.15, 0.2) is 5.82 Å². The molecule has 4 rings (SSSR count). The average molecular weight is 400 g/mol.